The minimum absolute atomic E-state index is 0.0840. The van der Waals surface area contributed by atoms with Gasteiger partial charge >= 0.3 is 12.1 Å². The Morgan fingerprint density at radius 3 is 2.29 bits per heavy atom. The molecule has 0 aromatic heterocycles. The minimum atomic E-state index is -1.20. The number of hydrogen-bond acceptors (Lipinski definition) is 5. The third-order valence-corrected chi connectivity index (χ3v) is 6.26. The number of carbonyl (C=O) groups excluding carboxylic acids is 2. The van der Waals surface area contributed by atoms with Gasteiger partial charge in [-0.1, -0.05) is 54.6 Å². The van der Waals surface area contributed by atoms with Crippen molar-refractivity contribution in [2.75, 3.05) is 33.4 Å². The summed E-state index contributed by atoms with van der Waals surface area (Å²) in [4.78, 5) is 38.5. The smallest absolute Gasteiger partial charge is 0.407 e. The highest BCUT2D eigenvalue weighted by molar-refractivity contribution is 5.89. The molecule has 1 aliphatic carbocycles. The highest BCUT2D eigenvalue weighted by atomic mass is 16.5. The third kappa shape index (κ3) is 5.12. The Kier molecular flexibility index (Phi) is 7.27. The van der Waals surface area contributed by atoms with E-state index in [0.717, 1.165) is 27.8 Å². The van der Waals surface area contributed by atoms with E-state index in [-0.39, 0.29) is 12.5 Å². The molecule has 178 valence electrons. The SMILES string of the molecule is COCC1=CCN(C(=O)C(CC(=O)O)NC(=O)OCC2c3ccccc3-c3ccccc32)CC1. The van der Waals surface area contributed by atoms with Crippen LogP contribution in [-0.2, 0) is 19.1 Å². The fourth-order valence-electron chi connectivity index (χ4n) is 4.61. The van der Waals surface area contributed by atoms with E-state index >= 15 is 0 Å². The number of benzene rings is 2. The third-order valence-electron chi connectivity index (χ3n) is 6.26. The molecule has 8 heteroatoms. The van der Waals surface area contributed by atoms with Crippen molar-refractivity contribution in [1.29, 1.82) is 0 Å². The zero-order valence-electron chi connectivity index (χ0n) is 19.0. The molecule has 0 spiro atoms. The first-order chi connectivity index (χ1) is 16.5. The summed E-state index contributed by atoms with van der Waals surface area (Å²) in [7, 11) is 1.61. The Labute approximate surface area is 198 Å². The number of nitrogens with zero attached hydrogens (tertiary/aromatic N) is 1. The van der Waals surface area contributed by atoms with Crippen LogP contribution < -0.4 is 5.32 Å². The van der Waals surface area contributed by atoms with E-state index < -0.39 is 30.4 Å². The maximum atomic E-state index is 13.0. The van der Waals surface area contributed by atoms with Gasteiger partial charge < -0.3 is 24.8 Å². The van der Waals surface area contributed by atoms with Crippen LogP contribution in [-0.4, -0.2) is 67.4 Å². The number of methoxy groups -OCH3 is 1. The highest BCUT2D eigenvalue weighted by Crippen LogP contribution is 2.44. The lowest BCUT2D eigenvalue weighted by Gasteiger charge is -2.29. The molecular weight excluding hydrogens is 436 g/mol. The topological polar surface area (TPSA) is 105 Å². The molecule has 34 heavy (non-hydrogen) atoms. The lowest BCUT2D eigenvalue weighted by Crippen LogP contribution is -2.50. The first-order valence-electron chi connectivity index (χ1n) is 11.3. The summed E-state index contributed by atoms with van der Waals surface area (Å²) >= 11 is 0. The molecule has 2 amide bonds. The summed E-state index contributed by atoms with van der Waals surface area (Å²) in [5.74, 6) is -1.74. The summed E-state index contributed by atoms with van der Waals surface area (Å²) in [5.41, 5.74) is 5.45. The van der Waals surface area contributed by atoms with E-state index in [2.05, 4.69) is 5.32 Å². The summed E-state index contributed by atoms with van der Waals surface area (Å²) in [6.45, 7) is 1.37. The van der Waals surface area contributed by atoms with Crippen molar-refractivity contribution in [3.63, 3.8) is 0 Å². The predicted octanol–water partition coefficient (Wildman–Crippen LogP) is 3.17. The Morgan fingerprint density at radius 1 is 1.09 bits per heavy atom. The molecule has 0 fully saturated rings. The summed E-state index contributed by atoms with van der Waals surface area (Å²) < 4.78 is 10.6. The number of fused-ring (bicyclic) bond motifs is 3. The summed E-state index contributed by atoms with van der Waals surface area (Å²) in [5, 5.41) is 11.8. The van der Waals surface area contributed by atoms with Gasteiger partial charge in [0, 0.05) is 26.1 Å². The average molecular weight is 465 g/mol. The average Bonchev–Trinajstić information content (AvgIpc) is 3.16. The fraction of sp³-hybridized carbons (Fsp3) is 0.346. The molecule has 2 aromatic carbocycles. The number of rotatable bonds is 8. The zero-order chi connectivity index (χ0) is 24.1. The number of alkyl carbamates (subject to hydrolysis) is 1. The van der Waals surface area contributed by atoms with Gasteiger partial charge in [-0.25, -0.2) is 4.79 Å². The molecule has 1 heterocycles. The van der Waals surface area contributed by atoms with Gasteiger partial charge in [-0.3, -0.25) is 9.59 Å². The van der Waals surface area contributed by atoms with Crippen LogP contribution in [0.3, 0.4) is 0 Å². The highest BCUT2D eigenvalue weighted by Gasteiger charge is 2.32. The van der Waals surface area contributed by atoms with Crippen LogP contribution in [0.15, 0.2) is 60.2 Å². The second-order valence-corrected chi connectivity index (χ2v) is 8.45. The van der Waals surface area contributed by atoms with E-state index in [1.807, 2.05) is 54.6 Å². The Balaban J connectivity index is 1.40. The normalized spacial score (nSPS) is 15.7. The number of carboxylic acids is 1. The van der Waals surface area contributed by atoms with E-state index in [0.29, 0.717) is 26.1 Å². The van der Waals surface area contributed by atoms with Crippen LogP contribution in [0, 0.1) is 0 Å². The number of hydrogen-bond donors (Lipinski definition) is 2. The molecule has 2 aliphatic rings. The number of amides is 2. The van der Waals surface area contributed by atoms with Crippen LogP contribution in [0.5, 0.6) is 0 Å². The molecule has 4 rings (SSSR count). The lowest BCUT2D eigenvalue weighted by molar-refractivity contribution is -0.142. The Hall–Kier alpha value is -3.65. The molecule has 8 nitrogen and oxygen atoms in total. The van der Waals surface area contributed by atoms with E-state index in [1.165, 1.54) is 4.90 Å². The van der Waals surface area contributed by atoms with Crippen molar-refractivity contribution in [2.24, 2.45) is 0 Å². The van der Waals surface area contributed by atoms with Crippen molar-refractivity contribution in [3.8, 4) is 11.1 Å². The van der Waals surface area contributed by atoms with Crippen LogP contribution in [0.25, 0.3) is 11.1 Å². The molecule has 2 aromatic rings. The largest absolute Gasteiger partial charge is 0.481 e. The van der Waals surface area contributed by atoms with Crippen molar-refractivity contribution >= 4 is 18.0 Å². The number of carbonyl (C=O) groups is 3. The van der Waals surface area contributed by atoms with Crippen molar-refractivity contribution in [2.45, 2.75) is 24.8 Å². The quantitative estimate of drug-likeness (QED) is 0.582. The second kappa shape index (κ2) is 10.5. The Morgan fingerprint density at radius 2 is 1.74 bits per heavy atom. The number of carboxylic acid groups (broad SMARTS) is 1. The first-order valence-corrected chi connectivity index (χ1v) is 11.3. The molecule has 0 saturated heterocycles. The van der Waals surface area contributed by atoms with Gasteiger partial charge in [-0.2, -0.15) is 0 Å². The summed E-state index contributed by atoms with van der Waals surface area (Å²) in [6.07, 6.45) is 1.21. The van der Waals surface area contributed by atoms with Crippen molar-refractivity contribution in [3.05, 3.63) is 71.3 Å². The monoisotopic (exact) mass is 464 g/mol. The molecule has 1 unspecified atom stereocenters. The van der Waals surface area contributed by atoms with E-state index in [9.17, 15) is 19.5 Å². The van der Waals surface area contributed by atoms with Gasteiger partial charge in [-0.15, -0.1) is 0 Å². The van der Waals surface area contributed by atoms with Gasteiger partial charge in [0.25, 0.3) is 0 Å². The first kappa shape index (κ1) is 23.5. The number of aliphatic carboxylic acids is 1. The molecule has 0 radical (unpaired) electrons. The lowest BCUT2D eigenvalue weighted by atomic mass is 9.98. The van der Waals surface area contributed by atoms with E-state index in [4.69, 9.17) is 9.47 Å². The number of ether oxygens (including phenoxy) is 2. The van der Waals surface area contributed by atoms with Crippen molar-refractivity contribution < 1.29 is 29.0 Å². The van der Waals surface area contributed by atoms with Crippen LogP contribution in [0.4, 0.5) is 4.79 Å². The minimum Gasteiger partial charge on any atom is -0.481 e. The Bertz CT molecular complexity index is 1070. The maximum Gasteiger partial charge on any atom is 0.407 e. The molecular formula is C26H28N2O6. The maximum absolute atomic E-state index is 13.0. The fourth-order valence-corrected chi connectivity index (χ4v) is 4.61. The molecule has 1 atom stereocenters. The van der Waals surface area contributed by atoms with Gasteiger partial charge in [0.2, 0.25) is 5.91 Å². The molecule has 0 saturated carbocycles. The molecule has 0 bridgehead atoms. The van der Waals surface area contributed by atoms with Crippen LogP contribution >= 0.6 is 0 Å². The van der Waals surface area contributed by atoms with Crippen LogP contribution in [0.1, 0.15) is 29.9 Å². The van der Waals surface area contributed by atoms with E-state index in [1.54, 1.807) is 7.11 Å². The molecule has 1 aliphatic heterocycles. The standard InChI is InChI=1S/C26H28N2O6/c1-33-15-17-10-12-28(13-11-17)25(31)23(14-24(29)30)27-26(32)34-16-22-20-8-4-2-6-18(20)19-7-3-5-9-21(19)22/h2-10,22-23H,11-16H2,1H3,(H,27,32)(H,29,30). The van der Waals surface area contributed by atoms with Gasteiger partial charge in [0.15, 0.2) is 0 Å². The molecule has 2 N–H and O–H groups in total. The zero-order valence-corrected chi connectivity index (χ0v) is 19.0. The van der Waals surface area contributed by atoms with Crippen LogP contribution in [0.2, 0.25) is 0 Å². The van der Waals surface area contributed by atoms with Gasteiger partial charge in [-0.05, 0) is 34.2 Å². The van der Waals surface area contributed by atoms with Gasteiger partial charge in [0.1, 0.15) is 12.6 Å². The second-order valence-electron chi connectivity index (χ2n) is 8.45. The summed E-state index contributed by atoms with van der Waals surface area (Å²) in [6, 6.07) is 14.8. The van der Waals surface area contributed by atoms with Gasteiger partial charge in [0.05, 0.1) is 13.0 Å². The number of nitrogens with one attached hydrogen (secondary N) is 1. The predicted molar refractivity (Wildman–Crippen MR) is 125 cm³/mol. The van der Waals surface area contributed by atoms with Crippen molar-refractivity contribution in [1.82, 2.24) is 10.2 Å².